The van der Waals surface area contributed by atoms with Gasteiger partial charge in [-0.2, -0.15) is 0 Å². The van der Waals surface area contributed by atoms with Crippen LogP contribution in [0.25, 0.3) is 11.1 Å². The zero-order valence-electron chi connectivity index (χ0n) is 52.4. The van der Waals surface area contributed by atoms with Gasteiger partial charge in [0.2, 0.25) is 53.4 Å². The number of phenolic OH excluding ortho intramolecular Hbond substituents is 3. The largest absolute Gasteiger partial charge is 0.508 e. The van der Waals surface area contributed by atoms with Crippen molar-refractivity contribution in [1.29, 1.82) is 0 Å². The van der Waals surface area contributed by atoms with Crippen LogP contribution in [0.1, 0.15) is 104 Å². The van der Waals surface area contributed by atoms with Crippen LogP contribution in [0.5, 0.6) is 46.0 Å². The molecule has 7 heterocycles. The number of nitrogens with two attached hydrogens (primary N) is 1. The fraction of sp³-hybridized carbons (Fsp3) is 0.406. The zero-order valence-corrected chi connectivity index (χ0v) is 53.9. The SMILES string of the molecule is CNC1(C)CC(OC2C(Oc3c4cc5cc3Oc3ccc(cc3Cl)C(O)C3NC(=O)C(NC(=O)C5NC(=O)C(CC(N)=O)NC(=O)C(NC(C)=O)C(O)c5ccc(c(Cl)c5)O4)c4ccc(O)c(c4)-c4c(cc(O)c(C)c4O)C(C(C)=O)NC3=O)OC(CO)C(O)C2O)OC(C)C1O. The molecule has 18 N–H and O–H groups in total. The number of aliphatic hydroxyl groups is 6. The van der Waals surface area contributed by atoms with Crippen molar-refractivity contribution in [2.24, 2.45) is 5.73 Å². The second kappa shape index (κ2) is 28.2. The highest BCUT2D eigenvalue weighted by molar-refractivity contribution is 6.32. The van der Waals surface area contributed by atoms with Crippen molar-refractivity contribution in [2.75, 3.05) is 13.7 Å². The highest BCUT2D eigenvalue weighted by atomic mass is 35.5. The fourth-order valence-corrected chi connectivity index (χ4v) is 12.6. The van der Waals surface area contributed by atoms with Crippen molar-refractivity contribution in [3.8, 4) is 57.1 Å². The van der Waals surface area contributed by atoms with Crippen LogP contribution >= 0.6 is 23.2 Å². The molecule has 31 nitrogen and oxygen atoms in total. The van der Waals surface area contributed by atoms with Gasteiger partial charge in [0.1, 0.15) is 95.5 Å². The van der Waals surface area contributed by atoms with E-state index in [0.29, 0.717) is 0 Å². The normalized spacial score (nSPS) is 29.8. The monoisotopic (exact) mass is 1390 g/mol. The van der Waals surface area contributed by atoms with E-state index in [1.807, 2.05) is 0 Å². The Bertz CT molecular complexity index is 4000. The third kappa shape index (κ3) is 14.3. The van der Waals surface area contributed by atoms with Crippen molar-refractivity contribution in [2.45, 2.75) is 151 Å². The van der Waals surface area contributed by atoms with Crippen LogP contribution in [-0.4, -0.2) is 180 Å². The van der Waals surface area contributed by atoms with Crippen molar-refractivity contribution in [3.05, 3.63) is 116 Å². The third-order valence-corrected chi connectivity index (χ3v) is 18.2. The quantitative estimate of drug-likeness (QED) is 0.0908. The molecule has 33 heteroatoms. The maximum absolute atomic E-state index is 16.0. The number of carbonyl (C=O) groups is 8. The van der Waals surface area contributed by atoms with Crippen molar-refractivity contribution in [3.63, 3.8) is 0 Å². The lowest BCUT2D eigenvalue weighted by Crippen LogP contribution is -2.65. The molecule has 5 aromatic rings. The maximum atomic E-state index is 16.0. The number of hydrogen-bond donors (Lipinski definition) is 17. The summed E-state index contributed by atoms with van der Waals surface area (Å²) in [5.41, 5.74) is 2.32. The molecule has 0 spiro atoms. The molecule has 0 aliphatic carbocycles. The number of nitrogens with one attached hydrogen (secondary N) is 7. The van der Waals surface area contributed by atoms with E-state index >= 15 is 14.4 Å². The van der Waals surface area contributed by atoms with Gasteiger partial charge in [-0.25, -0.2) is 0 Å². The number of Topliss-reactive ketones (excluding diaryl/α,β-unsaturated/α-hetero) is 1. The molecule has 97 heavy (non-hydrogen) atoms. The number of hydrogen-bond acceptors (Lipinski definition) is 24. The standard InChI is InChI=1S/C64H70Cl2N8O23/c1-22-36(79)18-31-44(50(22)81)30-13-26(7-10-35(30)78)46-59(88)74-49(62(91)71-45(31)23(2)76)52(83)28-9-12-38(33(66)15-28)94-40-17-29-16-39(55(40)97-63-56(54(85)53(84)41(21-75)95-63)96-43-20-64(5,68-6)57(86)24(3)92-43)93-37-11-8-27(14-32(37)65)51(82)48(69-25(4)77)61(90)70-34(19-42(67)80)58(87)72-47(29)60(89)73-46/h7-18,24,34,41,43,45-49,51-54,56-57,63,68,75,78-79,81-86H,19-21H2,1-6H3,(H2,67,80)(H,69,77)(H,70,90)(H,71,91)(H,72,87)(H,73,89)(H,74,88). The van der Waals surface area contributed by atoms with Gasteiger partial charge in [0.25, 0.3) is 0 Å². The Morgan fingerprint density at radius 3 is 1.89 bits per heavy atom. The Labute approximate surface area is 561 Å². The second-order valence-electron chi connectivity index (χ2n) is 24.3. The molecule has 11 bridgehead atoms. The molecule has 0 saturated carbocycles. The summed E-state index contributed by atoms with van der Waals surface area (Å²) in [5.74, 6) is -14.0. The lowest BCUT2D eigenvalue weighted by atomic mass is 9.85. The van der Waals surface area contributed by atoms with E-state index in [2.05, 4.69) is 37.2 Å². The highest BCUT2D eigenvalue weighted by Crippen LogP contribution is 2.50. The minimum absolute atomic E-state index is 0.0948. The van der Waals surface area contributed by atoms with Crippen LogP contribution in [0.2, 0.25) is 10.0 Å². The molecule has 518 valence electrons. The van der Waals surface area contributed by atoms with Gasteiger partial charge in [-0.1, -0.05) is 41.4 Å². The summed E-state index contributed by atoms with van der Waals surface area (Å²) in [4.78, 5) is 115. The minimum atomic E-state index is -2.30. The first-order valence-electron chi connectivity index (χ1n) is 30.2. The second-order valence-corrected chi connectivity index (χ2v) is 25.1. The van der Waals surface area contributed by atoms with Gasteiger partial charge in [-0.3, -0.25) is 38.4 Å². The Kier molecular flexibility index (Phi) is 20.6. The van der Waals surface area contributed by atoms with E-state index in [9.17, 15) is 69.9 Å². The first kappa shape index (κ1) is 70.8. The molecule has 2 fully saturated rings. The number of primary amides is 1. The van der Waals surface area contributed by atoms with Gasteiger partial charge >= 0.3 is 0 Å². The molecule has 7 aliphatic heterocycles. The number of ether oxygens (including phenoxy) is 6. The van der Waals surface area contributed by atoms with E-state index in [0.717, 1.165) is 62.4 Å². The number of fused-ring (bicyclic) bond motifs is 15. The lowest BCUT2D eigenvalue weighted by Gasteiger charge is -2.48. The third-order valence-electron chi connectivity index (χ3n) is 17.6. The number of likely N-dealkylation sites (N-methyl/N-ethyl adjacent to an activating group) is 1. The van der Waals surface area contributed by atoms with Crippen LogP contribution in [0, 0.1) is 6.92 Å². The first-order valence-corrected chi connectivity index (χ1v) is 31.0. The number of aliphatic hydroxyl groups excluding tert-OH is 6. The summed E-state index contributed by atoms with van der Waals surface area (Å²) in [6.07, 6.45) is -17.9. The van der Waals surface area contributed by atoms with Crippen LogP contribution < -0.4 is 57.2 Å². The molecule has 17 unspecified atom stereocenters. The molecule has 17 atom stereocenters. The maximum Gasteiger partial charge on any atom is 0.248 e. The molecule has 12 rings (SSSR count). The van der Waals surface area contributed by atoms with Crippen molar-refractivity contribution < 1.29 is 113 Å². The fourth-order valence-electron chi connectivity index (χ4n) is 12.1. The number of benzene rings is 5. The number of aromatic hydroxyl groups is 3. The number of amides is 7. The Morgan fingerprint density at radius 2 is 1.30 bits per heavy atom. The van der Waals surface area contributed by atoms with Gasteiger partial charge in [0.05, 0.1) is 35.3 Å². The lowest BCUT2D eigenvalue weighted by molar-refractivity contribution is -0.334. The average Bonchev–Trinajstić information content (AvgIpc) is 0.764. The summed E-state index contributed by atoms with van der Waals surface area (Å²) in [6.45, 7) is 5.63. The molecule has 0 radical (unpaired) electrons. The van der Waals surface area contributed by atoms with Gasteiger partial charge in [-0.05, 0) is 117 Å². The summed E-state index contributed by atoms with van der Waals surface area (Å²) in [7, 11) is 1.58. The molecule has 0 aromatic heterocycles. The zero-order chi connectivity index (χ0) is 70.5. The predicted molar refractivity (Wildman–Crippen MR) is 335 cm³/mol. The van der Waals surface area contributed by atoms with E-state index in [1.54, 1.807) is 20.9 Å². The van der Waals surface area contributed by atoms with Gasteiger partial charge in [0, 0.05) is 35.6 Å². The minimum Gasteiger partial charge on any atom is -0.508 e. The number of phenols is 3. The molecular formula is C64H70Cl2N8O23. The molecule has 7 aliphatic rings. The predicted octanol–water partition coefficient (Wildman–Crippen LogP) is 0.566. The highest BCUT2D eigenvalue weighted by Gasteiger charge is 2.52. The topological polar surface area (TPSA) is 484 Å². The Balaban J connectivity index is 1.25. The van der Waals surface area contributed by atoms with Crippen LogP contribution in [-0.2, 0) is 52.6 Å². The Hall–Kier alpha value is -8.96. The average molecular weight is 1390 g/mol. The van der Waals surface area contributed by atoms with Gasteiger partial charge < -0.3 is 117 Å². The Morgan fingerprint density at radius 1 is 0.701 bits per heavy atom. The van der Waals surface area contributed by atoms with Crippen molar-refractivity contribution >= 4 is 70.3 Å². The summed E-state index contributed by atoms with van der Waals surface area (Å²) in [6, 6.07) is 0.960. The number of halogens is 2. The van der Waals surface area contributed by atoms with Crippen LogP contribution in [0.4, 0.5) is 0 Å². The smallest absolute Gasteiger partial charge is 0.248 e. The van der Waals surface area contributed by atoms with E-state index in [-0.39, 0.29) is 61.9 Å². The van der Waals surface area contributed by atoms with Gasteiger partial charge in [0.15, 0.2) is 29.7 Å². The van der Waals surface area contributed by atoms with Crippen LogP contribution in [0.15, 0.2) is 72.8 Å². The molecule has 5 aromatic carbocycles. The summed E-state index contributed by atoms with van der Waals surface area (Å²) in [5, 5.41) is 121. The number of ketones is 1. The molecule has 2 saturated heterocycles. The number of carbonyl (C=O) groups excluding carboxylic acids is 8. The number of rotatable bonds is 10. The van der Waals surface area contributed by atoms with Gasteiger partial charge in [-0.15, -0.1) is 0 Å². The van der Waals surface area contributed by atoms with E-state index in [1.165, 1.54) is 31.2 Å². The van der Waals surface area contributed by atoms with Crippen LogP contribution in [0.3, 0.4) is 0 Å². The summed E-state index contributed by atoms with van der Waals surface area (Å²) < 4.78 is 38.5. The van der Waals surface area contributed by atoms with Crippen molar-refractivity contribution in [1.82, 2.24) is 37.2 Å². The molecular weight excluding hydrogens is 1320 g/mol. The van der Waals surface area contributed by atoms with E-state index in [4.69, 9.17) is 57.4 Å². The first-order chi connectivity index (χ1) is 45.8. The summed E-state index contributed by atoms with van der Waals surface area (Å²) >= 11 is 14.0. The van der Waals surface area contributed by atoms with E-state index < -0.39 is 208 Å². The molecule has 7 amide bonds.